The number of carbonyl (C=O) groups excluding carboxylic acids is 1. The predicted molar refractivity (Wildman–Crippen MR) is 118 cm³/mol. The molecule has 0 heterocycles. The average molecular weight is 388 g/mol. The number of hydrogen-bond donors (Lipinski definition) is 0. The van der Waals surface area contributed by atoms with Crippen LogP contribution in [0.4, 0.5) is 0 Å². The van der Waals surface area contributed by atoms with Crippen LogP contribution in [0.3, 0.4) is 0 Å². The van der Waals surface area contributed by atoms with Gasteiger partial charge in [0.25, 0.3) is 5.91 Å². The maximum atomic E-state index is 13.3. The van der Waals surface area contributed by atoms with Crippen molar-refractivity contribution in [3.05, 3.63) is 101 Å². The fraction of sp³-hybridized carbons (Fsp3) is 0.269. The third-order valence-corrected chi connectivity index (χ3v) is 5.16. The van der Waals surface area contributed by atoms with E-state index in [0.717, 1.165) is 28.0 Å². The molecule has 0 fully saturated rings. The second kappa shape index (κ2) is 9.42. The number of nitrogens with zero attached hydrogens (tertiary/aromatic N) is 1. The van der Waals surface area contributed by atoms with Gasteiger partial charge in [-0.3, -0.25) is 4.79 Å². The topological polar surface area (TPSA) is 29.5 Å². The number of ether oxygens (including phenoxy) is 1. The van der Waals surface area contributed by atoms with Gasteiger partial charge in [-0.15, -0.1) is 0 Å². The van der Waals surface area contributed by atoms with Crippen molar-refractivity contribution in [1.29, 1.82) is 0 Å². The molecular formula is C26H29NO2. The first-order valence-electron chi connectivity index (χ1n) is 10.0. The van der Waals surface area contributed by atoms with Crippen molar-refractivity contribution < 1.29 is 9.53 Å². The standard InChI is InChI=1S/C26H29NO2/c1-19-15-20(2)21(3)25(16-19)29-22(4)26(28)27(17-23-11-7-5-8-12-23)18-24-13-9-6-10-14-24/h5-16,22H,17-18H2,1-4H3/t22-/m0/s1. The first kappa shape index (κ1) is 20.7. The van der Waals surface area contributed by atoms with Crippen LogP contribution >= 0.6 is 0 Å². The molecule has 1 atom stereocenters. The van der Waals surface area contributed by atoms with Crippen LogP contribution < -0.4 is 4.74 Å². The Hall–Kier alpha value is -3.07. The number of carbonyl (C=O) groups is 1. The maximum Gasteiger partial charge on any atom is 0.263 e. The lowest BCUT2D eigenvalue weighted by atomic mass is 10.1. The fourth-order valence-electron chi connectivity index (χ4n) is 3.44. The van der Waals surface area contributed by atoms with Crippen LogP contribution in [0.1, 0.15) is 34.7 Å². The molecule has 3 rings (SSSR count). The molecule has 0 aromatic heterocycles. The summed E-state index contributed by atoms with van der Waals surface area (Å²) < 4.78 is 6.13. The molecule has 0 saturated carbocycles. The van der Waals surface area contributed by atoms with Crippen LogP contribution in [-0.4, -0.2) is 16.9 Å². The monoisotopic (exact) mass is 387 g/mol. The highest BCUT2D eigenvalue weighted by molar-refractivity contribution is 5.81. The molecule has 0 aliphatic rings. The molecule has 150 valence electrons. The van der Waals surface area contributed by atoms with E-state index in [9.17, 15) is 4.79 Å². The third-order valence-electron chi connectivity index (χ3n) is 5.16. The van der Waals surface area contributed by atoms with Crippen LogP contribution in [-0.2, 0) is 17.9 Å². The molecule has 0 saturated heterocycles. The van der Waals surface area contributed by atoms with E-state index in [2.05, 4.69) is 13.0 Å². The normalized spacial score (nSPS) is 11.7. The lowest BCUT2D eigenvalue weighted by Gasteiger charge is -2.27. The summed E-state index contributed by atoms with van der Waals surface area (Å²) in [6.45, 7) is 9.08. The zero-order valence-electron chi connectivity index (χ0n) is 17.7. The Morgan fingerprint density at radius 1 is 0.862 bits per heavy atom. The molecule has 3 aromatic rings. The molecular weight excluding hydrogens is 358 g/mol. The first-order chi connectivity index (χ1) is 13.9. The van der Waals surface area contributed by atoms with Crippen LogP contribution in [0.5, 0.6) is 5.75 Å². The van der Waals surface area contributed by atoms with Gasteiger partial charge >= 0.3 is 0 Å². The van der Waals surface area contributed by atoms with Crippen LogP contribution in [0, 0.1) is 20.8 Å². The molecule has 0 N–H and O–H groups in total. The quantitative estimate of drug-likeness (QED) is 0.527. The summed E-state index contributed by atoms with van der Waals surface area (Å²) in [7, 11) is 0. The summed E-state index contributed by atoms with van der Waals surface area (Å²) in [5.74, 6) is 0.763. The van der Waals surface area contributed by atoms with E-state index in [-0.39, 0.29) is 5.91 Å². The van der Waals surface area contributed by atoms with Crippen molar-refractivity contribution >= 4 is 5.91 Å². The molecule has 3 heteroatoms. The van der Waals surface area contributed by atoms with Gasteiger partial charge in [-0.25, -0.2) is 0 Å². The lowest BCUT2D eigenvalue weighted by molar-refractivity contribution is -0.139. The number of aryl methyl sites for hydroxylation is 2. The van der Waals surface area contributed by atoms with E-state index in [1.165, 1.54) is 5.56 Å². The molecule has 0 aliphatic heterocycles. The van der Waals surface area contributed by atoms with E-state index in [0.29, 0.717) is 13.1 Å². The number of rotatable bonds is 7. The van der Waals surface area contributed by atoms with Crippen molar-refractivity contribution in [2.24, 2.45) is 0 Å². The Kier molecular flexibility index (Phi) is 6.71. The second-order valence-corrected chi connectivity index (χ2v) is 7.63. The molecule has 1 amide bonds. The Morgan fingerprint density at radius 2 is 1.38 bits per heavy atom. The summed E-state index contributed by atoms with van der Waals surface area (Å²) >= 11 is 0. The van der Waals surface area contributed by atoms with Gasteiger partial charge in [-0.1, -0.05) is 66.7 Å². The van der Waals surface area contributed by atoms with Gasteiger partial charge in [0.15, 0.2) is 6.10 Å². The zero-order chi connectivity index (χ0) is 20.8. The van der Waals surface area contributed by atoms with Gasteiger partial charge in [-0.05, 0) is 61.6 Å². The Morgan fingerprint density at radius 3 is 1.90 bits per heavy atom. The summed E-state index contributed by atoms with van der Waals surface area (Å²) in [6, 6.07) is 24.3. The zero-order valence-corrected chi connectivity index (χ0v) is 17.7. The summed E-state index contributed by atoms with van der Waals surface area (Å²) in [4.78, 5) is 15.2. The number of amides is 1. The SMILES string of the molecule is Cc1cc(C)c(C)c(O[C@@H](C)C(=O)N(Cc2ccccc2)Cc2ccccc2)c1. The smallest absolute Gasteiger partial charge is 0.263 e. The summed E-state index contributed by atoms with van der Waals surface area (Å²) in [5.41, 5.74) is 5.59. The Bertz CT molecular complexity index is 910. The van der Waals surface area contributed by atoms with Gasteiger partial charge in [0.05, 0.1) is 0 Å². The van der Waals surface area contributed by atoms with Crippen LogP contribution in [0.2, 0.25) is 0 Å². The van der Waals surface area contributed by atoms with Crippen LogP contribution in [0.15, 0.2) is 72.8 Å². The number of benzene rings is 3. The van der Waals surface area contributed by atoms with Crippen LogP contribution in [0.25, 0.3) is 0 Å². The molecule has 0 unspecified atom stereocenters. The minimum atomic E-state index is -0.567. The molecule has 0 aliphatic carbocycles. The summed E-state index contributed by atoms with van der Waals surface area (Å²) in [5, 5.41) is 0. The lowest BCUT2D eigenvalue weighted by Crippen LogP contribution is -2.39. The Balaban J connectivity index is 1.81. The van der Waals surface area contributed by atoms with Gasteiger partial charge < -0.3 is 9.64 Å². The summed E-state index contributed by atoms with van der Waals surface area (Å²) in [6.07, 6.45) is -0.567. The molecule has 3 nitrogen and oxygen atoms in total. The Labute approximate surface area is 174 Å². The second-order valence-electron chi connectivity index (χ2n) is 7.63. The van der Waals surface area contributed by atoms with E-state index in [4.69, 9.17) is 4.74 Å². The molecule has 29 heavy (non-hydrogen) atoms. The van der Waals surface area contributed by atoms with Crippen molar-refractivity contribution in [1.82, 2.24) is 4.90 Å². The maximum absolute atomic E-state index is 13.3. The van der Waals surface area contributed by atoms with Crippen molar-refractivity contribution in [2.45, 2.75) is 46.9 Å². The van der Waals surface area contributed by atoms with E-state index >= 15 is 0 Å². The highest BCUT2D eigenvalue weighted by Gasteiger charge is 2.23. The minimum absolute atomic E-state index is 0.0173. The van der Waals surface area contributed by atoms with Gasteiger partial charge in [0.1, 0.15) is 5.75 Å². The van der Waals surface area contributed by atoms with Crippen molar-refractivity contribution in [3.8, 4) is 5.75 Å². The van der Waals surface area contributed by atoms with E-state index in [1.807, 2.05) is 92.4 Å². The third kappa shape index (κ3) is 5.47. The largest absolute Gasteiger partial charge is 0.481 e. The van der Waals surface area contributed by atoms with Gasteiger partial charge in [-0.2, -0.15) is 0 Å². The molecule has 0 spiro atoms. The molecule has 0 bridgehead atoms. The number of hydrogen-bond acceptors (Lipinski definition) is 2. The van der Waals surface area contributed by atoms with Gasteiger partial charge in [0.2, 0.25) is 0 Å². The van der Waals surface area contributed by atoms with E-state index in [1.54, 1.807) is 0 Å². The van der Waals surface area contributed by atoms with E-state index < -0.39 is 6.10 Å². The molecule has 3 aromatic carbocycles. The highest BCUT2D eigenvalue weighted by atomic mass is 16.5. The fourth-order valence-corrected chi connectivity index (χ4v) is 3.44. The van der Waals surface area contributed by atoms with Gasteiger partial charge in [0, 0.05) is 13.1 Å². The molecule has 0 radical (unpaired) electrons. The average Bonchev–Trinajstić information content (AvgIpc) is 2.72. The predicted octanol–water partition coefficient (Wildman–Crippen LogP) is 5.61. The highest BCUT2D eigenvalue weighted by Crippen LogP contribution is 2.25. The van der Waals surface area contributed by atoms with Crippen molar-refractivity contribution in [3.63, 3.8) is 0 Å². The van der Waals surface area contributed by atoms with Crippen molar-refractivity contribution in [2.75, 3.05) is 0 Å². The minimum Gasteiger partial charge on any atom is -0.481 e. The first-order valence-corrected chi connectivity index (χ1v) is 10.0.